The van der Waals surface area contributed by atoms with Gasteiger partial charge in [-0.2, -0.15) is 0 Å². The fourth-order valence-electron chi connectivity index (χ4n) is 7.92. The molecule has 2 atom stereocenters. The van der Waals surface area contributed by atoms with Crippen LogP contribution in [0.4, 0.5) is 9.59 Å². The van der Waals surface area contributed by atoms with E-state index in [1.807, 2.05) is 60.3 Å². The monoisotopic (exact) mass is 945 g/mol. The van der Waals surface area contributed by atoms with Crippen molar-refractivity contribution in [1.82, 2.24) is 20.4 Å². The Labute approximate surface area is 413 Å². The fourth-order valence-corrected chi connectivity index (χ4v) is 7.92. The van der Waals surface area contributed by atoms with Crippen LogP contribution in [0.25, 0.3) is 0 Å². The second-order valence-corrected chi connectivity index (χ2v) is 21.2. The van der Waals surface area contributed by atoms with Crippen LogP contribution in [-0.4, -0.2) is 89.9 Å². The SMILES string of the molecule is CCCCCCCC/C=C/CCCCCCCCN(CCCCCCCC/C=C/CCCCCCCC)C(=O)CCN(CC(C)NC(=O)OC(C)(C)C)/C(N)=N/CC(C)NC(=O)OC(C)(C)C. The van der Waals surface area contributed by atoms with Crippen molar-refractivity contribution >= 4 is 24.1 Å². The van der Waals surface area contributed by atoms with Crippen molar-refractivity contribution in [3.8, 4) is 0 Å². The summed E-state index contributed by atoms with van der Waals surface area (Å²) >= 11 is 0. The molecule has 0 aromatic heterocycles. The number of alkyl carbamates (subject to hydrolysis) is 2. The number of nitrogens with two attached hydrogens (primary N) is 1. The summed E-state index contributed by atoms with van der Waals surface area (Å²) in [6.07, 6.45) is 44.0. The predicted octanol–water partition coefficient (Wildman–Crippen LogP) is 14.7. The van der Waals surface area contributed by atoms with Crippen LogP contribution in [0, 0.1) is 0 Å². The number of guanidine groups is 1. The molecule has 0 fully saturated rings. The van der Waals surface area contributed by atoms with Crippen molar-refractivity contribution < 1.29 is 23.9 Å². The first-order valence-corrected chi connectivity index (χ1v) is 27.6. The molecule has 3 amide bonds. The highest BCUT2D eigenvalue weighted by Crippen LogP contribution is 2.15. The molecule has 0 saturated carbocycles. The van der Waals surface area contributed by atoms with Crippen LogP contribution in [-0.2, 0) is 14.3 Å². The Bertz CT molecular complexity index is 1260. The molecule has 0 radical (unpaired) electrons. The smallest absolute Gasteiger partial charge is 0.407 e. The van der Waals surface area contributed by atoms with Crippen LogP contribution in [0.2, 0.25) is 0 Å². The lowest BCUT2D eigenvalue weighted by atomic mass is 10.1. The third-order valence-electron chi connectivity index (χ3n) is 11.7. The van der Waals surface area contributed by atoms with E-state index in [9.17, 15) is 14.4 Å². The van der Waals surface area contributed by atoms with Crippen molar-refractivity contribution in [2.75, 3.05) is 32.7 Å². The normalized spacial score (nSPS) is 13.3. The van der Waals surface area contributed by atoms with Crippen molar-refractivity contribution in [1.29, 1.82) is 0 Å². The molecule has 4 N–H and O–H groups in total. The fraction of sp³-hybridized carbons (Fsp3) is 0.857. The summed E-state index contributed by atoms with van der Waals surface area (Å²) in [5.74, 6) is 0.364. The quantitative estimate of drug-likeness (QED) is 0.0240. The van der Waals surface area contributed by atoms with Gasteiger partial charge in [0.2, 0.25) is 5.91 Å². The minimum atomic E-state index is -0.634. The molecule has 392 valence electrons. The third kappa shape index (κ3) is 43.8. The summed E-state index contributed by atoms with van der Waals surface area (Å²) in [6.45, 7) is 21.6. The number of carbonyl (C=O) groups excluding carboxylic acids is 3. The highest BCUT2D eigenvalue weighted by Gasteiger charge is 2.22. The van der Waals surface area contributed by atoms with Crippen LogP contribution in [0.3, 0.4) is 0 Å². The van der Waals surface area contributed by atoms with Gasteiger partial charge in [-0.05, 0) is 120 Å². The number of nitrogens with zero attached hydrogens (tertiary/aromatic N) is 3. The summed E-state index contributed by atoms with van der Waals surface area (Å²) in [5, 5.41) is 5.71. The maximum atomic E-state index is 14.0. The Morgan fingerprint density at radius 2 is 0.851 bits per heavy atom. The van der Waals surface area contributed by atoms with E-state index in [1.54, 1.807) is 0 Å². The van der Waals surface area contributed by atoms with Crippen LogP contribution < -0.4 is 16.4 Å². The molecule has 0 aliphatic rings. The zero-order chi connectivity index (χ0) is 50.0. The van der Waals surface area contributed by atoms with Crippen molar-refractivity contribution in [2.24, 2.45) is 10.7 Å². The number of nitrogens with one attached hydrogen (secondary N) is 2. The van der Waals surface area contributed by atoms with Gasteiger partial charge < -0.3 is 35.6 Å². The maximum absolute atomic E-state index is 14.0. The van der Waals surface area contributed by atoms with E-state index >= 15 is 0 Å². The summed E-state index contributed by atoms with van der Waals surface area (Å²) in [5.41, 5.74) is 5.35. The van der Waals surface area contributed by atoms with Gasteiger partial charge >= 0.3 is 12.2 Å². The van der Waals surface area contributed by atoms with E-state index in [2.05, 4.69) is 58.7 Å². The van der Waals surface area contributed by atoms with Gasteiger partial charge in [-0.1, -0.05) is 154 Å². The number of hydrogen-bond donors (Lipinski definition) is 3. The van der Waals surface area contributed by atoms with E-state index in [0.29, 0.717) is 13.1 Å². The number of amides is 3. The Morgan fingerprint density at radius 3 is 1.22 bits per heavy atom. The van der Waals surface area contributed by atoms with Crippen molar-refractivity contribution in [3.63, 3.8) is 0 Å². The van der Waals surface area contributed by atoms with Gasteiger partial charge in [-0.15, -0.1) is 0 Å². The van der Waals surface area contributed by atoms with Crippen LogP contribution in [0.15, 0.2) is 29.3 Å². The number of carbonyl (C=O) groups is 3. The maximum Gasteiger partial charge on any atom is 0.407 e. The van der Waals surface area contributed by atoms with E-state index in [0.717, 1.165) is 38.8 Å². The molecule has 2 unspecified atom stereocenters. The molecule has 0 spiro atoms. The van der Waals surface area contributed by atoms with Gasteiger partial charge in [0.1, 0.15) is 11.2 Å². The highest BCUT2D eigenvalue weighted by atomic mass is 16.6. The Balaban J connectivity index is 5.35. The molecule has 0 saturated heterocycles. The van der Waals surface area contributed by atoms with E-state index in [1.165, 1.54) is 154 Å². The number of ether oxygens (including phenoxy) is 2. The van der Waals surface area contributed by atoms with E-state index < -0.39 is 23.4 Å². The number of hydrogen-bond acceptors (Lipinski definition) is 6. The number of allylic oxidation sites excluding steroid dienone is 4. The predicted molar refractivity (Wildman–Crippen MR) is 286 cm³/mol. The molecule has 0 bridgehead atoms. The van der Waals surface area contributed by atoms with Gasteiger partial charge in [-0.3, -0.25) is 9.79 Å². The molecule has 0 aromatic carbocycles. The zero-order valence-electron chi connectivity index (χ0n) is 45.5. The van der Waals surface area contributed by atoms with Crippen LogP contribution in [0.1, 0.15) is 255 Å². The second-order valence-electron chi connectivity index (χ2n) is 21.2. The van der Waals surface area contributed by atoms with Gasteiger partial charge in [0.25, 0.3) is 0 Å². The van der Waals surface area contributed by atoms with E-state index in [4.69, 9.17) is 15.2 Å². The number of rotatable bonds is 41. The number of unbranched alkanes of at least 4 members (excludes halogenated alkanes) is 24. The van der Waals surface area contributed by atoms with Crippen molar-refractivity contribution in [2.45, 2.75) is 279 Å². The Hall–Kier alpha value is -3.24. The lowest BCUT2D eigenvalue weighted by molar-refractivity contribution is -0.131. The zero-order valence-corrected chi connectivity index (χ0v) is 45.5. The molecule has 11 nitrogen and oxygen atoms in total. The summed E-state index contributed by atoms with van der Waals surface area (Å²) < 4.78 is 10.9. The molecule has 67 heavy (non-hydrogen) atoms. The summed E-state index contributed by atoms with van der Waals surface area (Å²) in [4.78, 5) is 47.6. The van der Waals surface area contributed by atoms with Gasteiger partial charge in [-0.25, -0.2) is 9.59 Å². The molecular weight excluding hydrogens is 837 g/mol. The minimum absolute atomic E-state index is 0.117. The third-order valence-corrected chi connectivity index (χ3v) is 11.7. The average Bonchev–Trinajstić information content (AvgIpc) is 3.24. The lowest BCUT2D eigenvalue weighted by Gasteiger charge is -2.30. The Kier molecular flexibility index (Phi) is 39.7. The molecule has 11 heteroatoms. The van der Waals surface area contributed by atoms with Crippen LogP contribution in [0.5, 0.6) is 0 Å². The van der Waals surface area contributed by atoms with Crippen LogP contribution >= 0.6 is 0 Å². The van der Waals surface area contributed by atoms with Gasteiger partial charge in [0, 0.05) is 44.7 Å². The standard InChI is InChI=1S/C56H108N6O5/c1-11-13-15-17-19-21-23-25-27-29-31-33-35-37-39-41-44-61(45-42-40-38-36-34-32-30-28-26-24-22-20-18-16-14-12-2)51(63)43-46-62(48-50(4)60-54(65)67-56(8,9)10)52(57)58-47-49(3)59-53(64)66-55(5,6)7/h25-28,49-50H,11-24,29-48H2,1-10H3,(H2,57,58)(H,59,64)(H,60,65)/b27-25+,28-26+. The Morgan fingerprint density at radius 1 is 0.507 bits per heavy atom. The number of aliphatic imine (C=N–C) groups is 1. The molecular formula is C56H108N6O5. The largest absolute Gasteiger partial charge is 0.444 e. The first-order chi connectivity index (χ1) is 32.0. The molecule has 0 heterocycles. The first-order valence-electron chi connectivity index (χ1n) is 27.6. The van der Waals surface area contributed by atoms with Gasteiger partial charge in [0.05, 0.1) is 6.54 Å². The topological polar surface area (TPSA) is 139 Å². The molecule has 0 aromatic rings. The average molecular weight is 946 g/mol. The lowest BCUT2D eigenvalue weighted by Crippen LogP contribution is -2.49. The van der Waals surface area contributed by atoms with E-state index in [-0.39, 0.29) is 36.9 Å². The molecule has 0 aliphatic heterocycles. The summed E-state index contributed by atoms with van der Waals surface area (Å²) in [7, 11) is 0. The van der Waals surface area contributed by atoms with Crippen molar-refractivity contribution in [3.05, 3.63) is 24.3 Å². The summed E-state index contributed by atoms with van der Waals surface area (Å²) in [6, 6.07) is -0.674. The van der Waals surface area contributed by atoms with Gasteiger partial charge in [0.15, 0.2) is 5.96 Å². The minimum Gasteiger partial charge on any atom is -0.444 e. The molecule has 0 rings (SSSR count). The first kappa shape index (κ1) is 63.8. The molecule has 0 aliphatic carbocycles. The highest BCUT2D eigenvalue weighted by molar-refractivity contribution is 5.80. The second kappa shape index (κ2) is 41.7.